The molecule has 0 fully saturated rings. The van der Waals surface area contributed by atoms with Crippen molar-refractivity contribution in [2.24, 2.45) is 0 Å². The number of aromatic nitrogens is 1. The molecular weight excluding hydrogens is 293 g/mol. The lowest BCUT2D eigenvalue weighted by molar-refractivity contribution is -0.170. The van der Waals surface area contributed by atoms with Crippen molar-refractivity contribution in [3.8, 4) is 0 Å². The summed E-state index contributed by atoms with van der Waals surface area (Å²) < 4.78 is 42.9. The summed E-state index contributed by atoms with van der Waals surface area (Å²) in [5.41, 5.74) is -0.887. The molecule has 0 bridgehead atoms. The number of hydrogen-bond acceptors (Lipinski definition) is 4. The van der Waals surface area contributed by atoms with Crippen LogP contribution in [0.3, 0.4) is 0 Å². The van der Waals surface area contributed by atoms with Crippen molar-refractivity contribution >= 4 is 17.6 Å². The van der Waals surface area contributed by atoms with Gasteiger partial charge in [0.2, 0.25) is 0 Å². The molecule has 0 aliphatic rings. The maximum atomic E-state index is 12.7. The van der Waals surface area contributed by atoms with Gasteiger partial charge in [-0.25, -0.2) is 4.79 Å². The van der Waals surface area contributed by atoms with Crippen molar-refractivity contribution in [3.63, 3.8) is 0 Å². The smallest absolute Gasteiger partial charge is 0.471 e. The first kappa shape index (κ1) is 16.9. The molecule has 1 amide bonds. The molecule has 21 heavy (non-hydrogen) atoms. The zero-order valence-corrected chi connectivity index (χ0v) is 11.2. The van der Waals surface area contributed by atoms with Gasteiger partial charge in [0.15, 0.2) is 0 Å². The minimum atomic E-state index is -5.14. The first-order chi connectivity index (χ1) is 9.68. The van der Waals surface area contributed by atoms with E-state index in [-0.39, 0.29) is 0 Å². The molecule has 1 aromatic rings. The first-order valence-electron chi connectivity index (χ1n) is 5.77. The summed E-state index contributed by atoms with van der Waals surface area (Å²) in [6.07, 6.45) is -3.85. The molecule has 0 saturated heterocycles. The molecule has 6 nitrogen and oxygen atoms in total. The molecule has 116 valence electrons. The third-order valence-corrected chi connectivity index (χ3v) is 2.65. The number of hydrogen-bond donors (Lipinski definition) is 1. The first-order valence-corrected chi connectivity index (χ1v) is 5.77. The van der Waals surface area contributed by atoms with Gasteiger partial charge in [-0.3, -0.25) is 14.7 Å². The number of carboxylic acid groups (broad SMARTS) is 1. The molecule has 1 heterocycles. The minimum Gasteiger partial charge on any atom is -0.478 e. The lowest BCUT2D eigenvalue weighted by Gasteiger charge is -2.27. The van der Waals surface area contributed by atoms with Crippen LogP contribution >= 0.6 is 0 Å². The van der Waals surface area contributed by atoms with Gasteiger partial charge >= 0.3 is 18.1 Å². The van der Waals surface area contributed by atoms with E-state index in [4.69, 9.17) is 9.84 Å². The average Bonchev–Trinajstić information content (AvgIpc) is 2.42. The van der Waals surface area contributed by atoms with Gasteiger partial charge in [-0.05, 0) is 13.0 Å². The predicted molar refractivity (Wildman–Crippen MR) is 66.1 cm³/mol. The Morgan fingerprint density at radius 3 is 2.57 bits per heavy atom. The maximum absolute atomic E-state index is 12.7. The second-order valence-electron chi connectivity index (χ2n) is 4.16. The fourth-order valence-electron chi connectivity index (χ4n) is 1.56. The van der Waals surface area contributed by atoms with Gasteiger partial charge in [0, 0.05) is 13.3 Å². The zero-order chi connectivity index (χ0) is 16.2. The van der Waals surface area contributed by atoms with Crippen LogP contribution in [0.15, 0.2) is 18.5 Å². The van der Waals surface area contributed by atoms with Crippen LogP contribution in [0.25, 0.3) is 0 Å². The van der Waals surface area contributed by atoms with Crippen LogP contribution in [-0.2, 0) is 9.53 Å². The molecule has 0 saturated carbocycles. The molecular formula is C12H13F3N2O4. The molecule has 0 aliphatic carbocycles. The molecule has 1 rings (SSSR count). The molecule has 1 atom stereocenters. The van der Waals surface area contributed by atoms with Gasteiger partial charge in [0.1, 0.15) is 0 Å². The number of pyridine rings is 1. The van der Waals surface area contributed by atoms with Crippen LogP contribution in [0.4, 0.5) is 18.9 Å². The van der Waals surface area contributed by atoms with Crippen LogP contribution in [-0.4, -0.2) is 47.9 Å². The highest BCUT2D eigenvalue weighted by atomic mass is 19.4. The molecule has 9 heteroatoms. The number of halogens is 3. The Labute approximate surface area is 118 Å². The van der Waals surface area contributed by atoms with Crippen LogP contribution in [0.1, 0.15) is 17.3 Å². The van der Waals surface area contributed by atoms with Gasteiger partial charge in [0.25, 0.3) is 0 Å². The van der Waals surface area contributed by atoms with Gasteiger partial charge in [0.05, 0.1) is 30.1 Å². The predicted octanol–water partition coefficient (Wildman–Crippen LogP) is 1.71. The summed E-state index contributed by atoms with van der Waals surface area (Å²) in [6.45, 7) is 0.994. The van der Waals surface area contributed by atoms with Crippen LogP contribution in [0, 0.1) is 0 Å². The topological polar surface area (TPSA) is 79.7 Å². The Hall–Kier alpha value is -2.16. The SMILES string of the molecule is COC(C)CN(C(=O)C(F)(F)F)c1cnccc1C(=O)O. The molecule has 1 unspecified atom stereocenters. The average molecular weight is 306 g/mol. The van der Waals surface area contributed by atoms with Crippen molar-refractivity contribution in [1.29, 1.82) is 0 Å². The fraction of sp³-hybridized carbons (Fsp3) is 0.417. The van der Waals surface area contributed by atoms with E-state index in [1.165, 1.54) is 14.0 Å². The van der Waals surface area contributed by atoms with E-state index in [1.807, 2.05) is 0 Å². The molecule has 0 radical (unpaired) electrons. The Balaban J connectivity index is 3.31. The van der Waals surface area contributed by atoms with Gasteiger partial charge in [-0.1, -0.05) is 0 Å². The number of alkyl halides is 3. The van der Waals surface area contributed by atoms with E-state index in [2.05, 4.69) is 4.98 Å². The molecule has 0 aromatic carbocycles. The number of amides is 1. The number of methoxy groups -OCH3 is 1. The van der Waals surface area contributed by atoms with E-state index in [0.717, 1.165) is 18.5 Å². The van der Waals surface area contributed by atoms with Gasteiger partial charge < -0.3 is 9.84 Å². The Kier molecular flexibility index (Phi) is 5.25. The van der Waals surface area contributed by atoms with E-state index < -0.39 is 42.0 Å². The quantitative estimate of drug-likeness (QED) is 0.896. The van der Waals surface area contributed by atoms with Crippen molar-refractivity contribution in [2.45, 2.75) is 19.2 Å². The number of carboxylic acids is 1. The molecule has 0 spiro atoms. The lowest BCUT2D eigenvalue weighted by atomic mass is 10.2. The van der Waals surface area contributed by atoms with E-state index >= 15 is 0 Å². The van der Waals surface area contributed by atoms with Crippen LogP contribution < -0.4 is 4.90 Å². The highest BCUT2D eigenvalue weighted by molar-refractivity contribution is 6.03. The normalized spacial score (nSPS) is 12.8. The largest absolute Gasteiger partial charge is 0.478 e. The number of ether oxygens (including phenoxy) is 1. The highest BCUT2D eigenvalue weighted by Gasteiger charge is 2.44. The number of rotatable bonds is 5. The molecule has 0 aliphatic heterocycles. The summed E-state index contributed by atoms with van der Waals surface area (Å²) in [5.74, 6) is -3.64. The van der Waals surface area contributed by atoms with Gasteiger partial charge in [-0.15, -0.1) is 0 Å². The summed E-state index contributed by atoms with van der Waals surface area (Å²) in [5, 5.41) is 9.01. The fourth-order valence-corrected chi connectivity index (χ4v) is 1.56. The van der Waals surface area contributed by atoms with Crippen LogP contribution in [0.2, 0.25) is 0 Å². The van der Waals surface area contributed by atoms with Crippen LogP contribution in [0.5, 0.6) is 0 Å². The van der Waals surface area contributed by atoms with Crippen molar-refractivity contribution in [3.05, 3.63) is 24.0 Å². The lowest BCUT2D eigenvalue weighted by Crippen LogP contribution is -2.45. The Morgan fingerprint density at radius 2 is 2.10 bits per heavy atom. The summed E-state index contributed by atoms with van der Waals surface area (Å²) >= 11 is 0. The maximum Gasteiger partial charge on any atom is 0.471 e. The zero-order valence-electron chi connectivity index (χ0n) is 11.2. The number of carbonyl (C=O) groups excluding carboxylic acids is 1. The Bertz CT molecular complexity index is 533. The third kappa shape index (κ3) is 4.15. The summed E-state index contributed by atoms with van der Waals surface area (Å²) in [4.78, 5) is 26.5. The van der Waals surface area contributed by atoms with E-state index in [1.54, 1.807) is 0 Å². The number of aromatic carboxylic acids is 1. The molecule has 1 aromatic heterocycles. The number of anilines is 1. The van der Waals surface area contributed by atoms with Crippen molar-refractivity contribution < 1.29 is 32.6 Å². The van der Waals surface area contributed by atoms with Crippen molar-refractivity contribution in [2.75, 3.05) is 18.6 Å². The van der Waals surface area contributed by atoms with E-state index in [0.29, 0.717) is 4.90 Å². The summed E-state index contributed by atoms with van der Waals surface area (Å²) in [7, 11) is 1.27. The standard InChI is InChI=1S/C12H13F3N2O4/c1-7(21-2)6-17(11(20)12(13,14)15)9-5-16-4-3-8(9)10(18)19/h3-5,7H,6H2,1-2H3,(H,18,19). The molecule has 1 N–H and O–H groups in total. The summed E-state index contributed by atoms with van der Waals surface area (Å²) in [6, 6.07) is 1.02. The highest BCUT2D eigenvalue weighted by Crippen LogP contribution is 2.26. The monoisotopic (exact) mass is 306 g/mol. The second kappa shape index (κ2) is 6.53. The minimum absolute atomic E-state index is 0.310. The van der Waals surface area contributed by atoms with Crippen molar-refractivity contribution in [1.82, 2.24) is 4.98 Å². The van der Waals surface area contributed by atoms with Gasteiger partial charge in [-0.2, -0.15) is 13.2 Å². The number of nitrogens with zero attached hydrogens (tertiary/aromatic N) is 2. The Morgan fingerprint density at radius 1 is 1.48 bits per heavy atom. The third-order valence-electron chi connectivity index (χ3n) is 2.65. The van der Waals surface area contributed by atoms with E-state index in [9.17, 15) is 22.8 Å². The second-order valence-corrected chi connectivity index (χ2v) is 4.16. The number of carbonyl (C=O) groups is 2.